The summed E-state index contributed by atoms with van der Waals surface area (Å²) in [7, 11) is -5.14. The first-order valence-corrected chi connectivity index (χ1v) is 29.9. The Morgan fingerprint density at radius 3 is 1.18 bits per heavy atom. The Bertz CT molecular complexity index is 1420. The van der Waals surface area contributed by atoms with Gasteiger partial charge in [-0.25, -0.2) is 4.57 Å². The fraction of sp³-hybridized carbons (Fsp3) is 0.825. The van der Waals surface area contributed by atoms with Crippen molar-refractivity contribution in [2.75, 3.05) is 13.2 Å². The van der Waals surface area contributed by atoms with Gasteiger partial charge in [0, 0.05) is 12.8 Å². The lowest BCUT2D eigenvalue weighted by molar-refractivity contribution is -0.220. The number of phosphoric acid groups is 1. The van der Waals surface area contributed by atoms with Crippen molar-refractivity contribution >= 4 is 19.8 Å². The predicted molar refractivity (Wildman–Crippen MR) is 286 cm³/mol. The molecule has 0 amide bonds. The van der Waals surface area contributed by atoms with Gasteiger partial charge in [-0.1, -0.05) is 223 Å². The zero-order valence-electron chi connectivity index (χ0n) is 44.5. The summed E-state index contributed by atoms with van der Waals surface area (Å²) in [4.78, 5) is 35.9. The van der Waals surface area contributed by atoms with Gasteiger partial charge in [0.25, 0.3) is 0 Å². The summed E-state index contributed by atoms with van der Waals surface area (Å²) in [6.07, 6.45) is 44.5. The van der Waals surface area contributed by atoms with Crippen LogP contribution in [0.25, 0.3) is 0 Å². The molecule has 13 nitrogen and oxygen atoms in total. The van der Waals surface area contributed by atoms with Gasteiger partial charge in [-0.3, -0.25) is 18.6 Å². The Morgan fingerprint density at radius 2 is 0.761 bits per heavy atom. The van der Waals surface area contributed by atoms with Crippen LogP contribution in [-0.2, 0) is 32.7 Å². The summed E-state index contributed by atoms with van der Waals surface area (Å²) in [6, 6.07) is 0. The van der Waals surface area contributed by atoms with Gasteiger partial charge in [-0.05, 0) is 57.8 Å². The minimum atomic E-state index is -5.14. The van der Waals surface area contributed by atoms with Crippen molar-refractivity contribution < 1.29 is 63.1 Å². The largest absolute Gasteiger partial charge is 0.472 e. The van der Waals surface area contributed by atoms with Crippen LogP contribution in [0.5, 0.6) is 0 Å². The number of phosphoric ester groups is 1. The van der Waals surface area contributed by atoms with Gasteiger partial charge in [-0.15, -0.1) is 0 Å². The second-order valence-electron chi connectivity index (χ2n) is 19.8. The maximum Gasteiger partial charge on any atom is 0.472 e. The van der Waals surface area contributed by atoms with Crippen molar-refractivity contribution in [1.82, 2.24) is 0 Å². The average Bonchev–Trinajstić information content (AvgIpc) is 3.35. The van der Waals surface area contributed by atoms with Crippen LogP contribution in [0.15, 0.2) is 48.6 Å². The predicted octanol–water partition coefficient (Wildman–Crippen LogP) is 13.1. The maximum atomic E-state index is 12.9. The van der Waals surface area contributed by atoms with E-state index in [9.17, 15) is 44.6 Å². The number of carbonyl (C=O) groups excluding carboxylic acids is 2. The summed E-state index contributed by atoms with van der Waals surface area (Å²) in [5, 5.41) is 50.4. The quantitative estimate of drug-likeness (QED) is 0.0145. The van der Waals surface area contributed by atoms with E-state index >= 15 is 0 Å². The molecule has 14 heteroatoms. The monoisotopic (exact) mass is 1030 g/mol. The molecule has 6 unspecified atom stereocenters. The SMILES string of the molecule is CCCCC/C=C/C/C=C/C/C=C/C/C=C/CCCCCC(=O)O[C@@H](COC(=O)CCCCCCCCCCCCCCCCCCCCCCCCC)COP(=O)(O)OC1C(O)C(O)C(O)[C@H](O)C1O. The lowest BCUT2D eigenvalue weighted by Crippen LogP contribution is -2.64. The zero-order valence-corrected chi connectivity index (χ0v) is 45.4. The number of carbonyl (C=O) groups is 2. The van der Waals surface area contributed by atoms with Crippen molar-refractivity contribution in [2.45, 2.75) is 288 Å². The molecule has 1 aliphatic carbocycles. The number of esters is 2. The van der Waals surface area contributed by atoms with Gasteiger partial charge >= 0.3 is 19.8 Å². The van der Waals surface area contributed by atoms with E-state index < -0.39 is 75.7 Å². The van der Waals surface area contributed by atoms with E-state index in [-0.39, 0.29) is 12.8 Å². The van der Waals surface area contributed by atoms with Crippen molar-refractivity contribution in [3.8, 4) is 0 Å². The van der Waals surface area contributed by atoms with Crippen molar-refractivity contribution in [1.29, 1.82) is 0 Å². The van der Waals surface area contributed by atoms with Gasteiger partial charge in [0.2, 0.25) is 0 Å². The molecule has 0 heterocycles. The van der Waals surface area contributed by atoms with E-state index in [1.807, 2.05) is 0 Å². The zero-order chi connectivity index (χ0) is 52.1. The number of allylic oxidation sites excluding steroid dienone is 8. The molecule has 0 aromatic heterocycles. The number of unbranched alkanes of at least 4 members (excludes halogenated alkanes) is 28. The van der Waals surface area contributed by atoms with Crippen LogP contribution in [0.4, 0.5) is 0 Å². The molecule has 414 valence electrons. The van der Waals surface area contributed by atoms with Crippen LogP contribution < -0.4 is 0 Å². The van der Waals surface area contributed by atoms with Crippen LogP contribution in [-0.4, -0.2) is 98.3 Å². The van der Waals surface area contributed by atoms with E-state index in [1.54, 1.807) is 0 Å². The van der Waals surface area contributed by atoms with Gasteiger partial charge in [0.05, 0.1) is 6.61 Å². The molecule has 0 radical (unpaired) electrons. The second kappa shape index (κ2) is 46.3. The highest BCUT2D eigenvalue weighted by molar-refractivity contribution is 7.47. The summed E-state index contributed by atoms with van der Waals surface area (Å²) >= 11 is 0. The number of aliphatic hydroxyl groups is 5. The number of rotatable bonds is 48. The molecule has 6 N–H and O–H groups in total. The molecule has 8 atom stereocenters. The fourth-order valence-corrected chi connectivity index (χ4v) is 9.60. The minimum Gasteiger partial charge on any atom is -0.462 e. The lowest BCUT2D eigenvalue weighted by Gasteiger charge is -2.41. The molecule has 0 aliphatic heterocycles. The first kappa shape index (κ1) is 66.8. The summed E-state index contributed by atoms with van der Waals surface area (Å²) < 4.78 is 33.7. The molecule has 71 heavy (non-hydrogen) atoms. The third-order valence-corrected chi connectivity index (χ3v) is 14.2. The Kier molecular flexibility index (Phi) is 43.6. The van der Waals surface area contributed by atoms with Crippen molar-refractivity contribution in [3.63, 3.8) is 0 Å². The second-order valence-corrected chi connectivity index (χ2v) is 21.2. The minimum absolute atomic E-state index is 0.0599. The maximum absolute atomic E-state index is 12.9. The molecular formula is C57H103O13P. The van der Waals surface area contributed by atoms with Gasteiger partial charge in [-0.2, -0.15) is 0 Å². The van der Waals surface area contributed by atoms with Crippen LogP contribution >= 0.6 is 7.82 Å². The number of aliphatic hydroxyl groups excluding tert-OH is 5. The standard InChI is InChI=1S/C57H103O13P/c1-3-5-7-9-11-13-15-17-19-21-23-24-25-26-28-29-31-33-35-37-39-41-43-45-50(58)67-47-49(48-68-71(65,66)70-57-55(63)53(61)52(60)54(62)56(57)64)69-51(59)46-44-42-40-38-36-34-32-30-27-22-20-18-16-14-12-10-8-6-4-2/h12,14,18,20,27,30,34,36,49,52-57,60-64H,3-11,13,15-17,19,21-26,28-29,31-33,35,37-48H2,1-2H3,(H,65,66)/b14-12+,20-18+,30-27+,36-34+/t49-,52?,53-,54?,55?,56?,57?/m0/s1. The summed E-state index contributed by atoms with van der Waals surface area (Å²) in [5.74, 6) is -1.13. The van der Waals surface area contributed by atoms with Crippen LogP contribution in [0.1, 0.15) is 245 Å². The first-order chi connectivity index (χ1) is 34.4. The molecule has 1 fully saturated rings. The van der Waals surface area contributed by atoms with Crippen LogP contribution in [0.3, 0.4) is 0 Å². The smallest absolute Gasteiger partial charge is 0.462 e. The molecule has 0 aromatic rings. The van der Waals surface area contributed by atoms with Crippen LogP contribution in [0.2, 0.25) is 0 Å². The van der Waals surface area contributed by atoms with Crippen molar-refractivity contribution in [3.05, 3.63) is 48.6 Å². The Balaban J connectivity index is 2.35. The number of hydrogen-bond donors (Lipinski definition) is 6. The number of ether oxygens (including phenoxy) is 2. The molecule has 0 bridgehead atoms. The molecule has 1 aliphatic rings. The van der Waals surface area contributed by atoms with E-state index in [0.717, 1.165) is 64.2 Å². The van der Waals surface area contributed by atoms with Crippen molar-refractivity contribution in [2.24, 2.45) is 0 Å². The molecule has 1 saturated carbocycles. The highest BCUT2D eigenvalue weighted by Crippen LogP contribution is 2.47. The van der Waals surface area contributed by atoms with Gasteiger partial charge < -0.3 is 39.9 Å². The third kappa shape index (κ3) is 38.1. The number of hydrogen-bond acceptors (Lipinski definition) is 12. The average molecular weight is 1030 g/mol. The molecule has 0 spiro atoms. The molecule has 1 rings (SSSR count). The third-order valence-electron chi connectivity index (χ3n) is 13.2. The Labute approximate surface area is 431 Å². The van der Waals surface area contributed by atoms with E-state index in [1.165, 1.54) is 141 Å². The molecule has 0 saturated heterocycles. The normalized spacial score (nSPS) is 21.0. The van der Waals surface area contributed by atoms with Gasteiger partial charge in [0.1, 0.15) is 43.2 Å². The van der Waals surface area contributed by atoms with Crippen LogP contribution in [0, 0.1) is 0 Å². The molecular weight excluding hydrogens is 924 g/mol. The Hall–Kier alpha value is -2.19. The lowest BCUT2D eigenvalue weighted by atomic mass is 9.85. The molecule has 0 aromatic carbocycles. The Morgan fingerprint density at radius 1 is 0.437 bits per heavy atom. The first-order valence-electron chi connectivity index (χ1n) is 28.4. The summed E-state index contributed by atoms with van der Waals surface area (Å²) in [5.41, 5.74) is 0. The highest BCUT2D eigenvalue weighted by Gasteiger charge is 2.51. The van der Waals surface area contributed by atoms with Gasteiger partial charge in [0.15, 0.2) is 6.10 Å². The highest BCUT2D eigenvalue weighted by atomic mass is 31.2. The summed E-state index contributed by atoms with van der Waals surface area (Å²) in [6.45, 7) is 3.29. The topological polar surface area (TPSA) is 210 Å². The van der Waals surface area contributed by atoms with E-state index in [0.29, 0.717) is 12.8 Å². The van der Waals surface area contributed by atoms with E-state index in [2.05, 4.69) is 62.5 Å². The van der Waals surface area contributed by atoms with E-state index in [4.69, 9.17) is 18.5 Å². The fourth-order valence-electron chi connectivity index (χ4n) is 8.63.